The zero-order valence-electron chi connectivity index (χ0n) is 19.5. The number of hydrogen-bond acceptors (Lipinski definition) is 7. The van der Waals surface area contributed by atoms with Crippen LogP contribution in [-0.2, 0) is 9.53 Å². The first-order chi connectivity index (χ1) is 16.5. The molecular formula is C24H31ClN6O3. The first-order valence-corrected chi connectivity index (χ1v) is 12.5. The smallest absolute Gasteiger partial charge is 0.269 e. The second kappa shape index (κ2) is 9.92. The van der Waals surface area contributed by atoms with E-state index in [9.17, 15) is 9.59 Å². The minimum atomic E-state index is -0.147. The summed E-state index contributed by atoms with van der Waals surface area (Å²) < 4.78 is 6.40. The minimum Gasteiger partial charge on any atom is -0.372 e. The maximum absolute atomic E-state index is 13.0. The first-order valence-electron chi connectivity index (χ1n) is 12.1. The molecule has 2 aromatic rings. The number of anilines is 2. The average Bonchev–Trinajstić information content (AvgIpc) is 3.51. The van der Waals surface area contributed by atoms with Gasteiger partial charge in [0, 0.05) is 44.5 Å². The molecule has 5 heterocycles. The Kier molecular flexibility index (Phi) is 6.74. The Hall–Kier alpha value is -2.65. The highest BCUT2D eigenvalue weighted by molar-refractivity contribution is 6.30. The molecule has 9 nitrogen and oxygen atoms in total. The van der Waals surface area contributed by atoms with Crippen molar-refractivity contribution in [2.75, 3.05) is 42.5 Å². The van der Waals surface area contributed by atoms with Gasteiger partial charge in [0.05, 0.1) is 41.6 Å². The Morgan fingerprint density at radius 1 is 1.15 bits per heavy atom. The molecule has 0 unspecified atom stereocenters. The van der Waals surface area contributed by atoms with Crippen LogP contribution in [0.15, 0.2) is 29.3 Å². The molecule has 0 aromatic carbocycles. The second-order valence-electron chi connectivity index (χ2n) is 9.39. The number of aromatic amines is 1. The zero-order chi connectivity index (χ0) is 23.7. The van der Waals surface area contributed by atoms with Crippen molar-refractivity contribution in [1.29, 1.82) is 0 Å². The number of carbonyl (C=O) groups is 1. The van der Waals surface area contributed by atoms with Crippen molar-refractivity contribution in [2.24, 2.45) is 0 Å². The van der Waals surface area contributed by atoms with Gasteiger partial charge in [-0.05, 0) is 44.7 Å². The lowest BCUT2D eigenvalue weighted by Gasteiger charge is -2.36. The third kappa shape index (κ3) is 4.77. The maximum Gasteiger partial charge on any atom is 0.269 e. The lowest BCUT2D eigenvalue weighted by molar-refractivity contribution is -0.134. The number of rotatable bonds is 5. The van der Waals surface area contributed by atoms with E-state index in [-0.39, 0.29) is 29.7 Å². The van der Waals surface area contributed by atoms with Gasteiger partial charge >= 0.3 is 0 Å². The summed E-state index contributed by atoms with van der Waals surface area (Å²) in [5.74, 6) is 1.05. The molecule has 0 aliphatic carbocycles. The van der Waals surface area contributed by atoms with Gasteiger partial charge in [0.2, 0.25) is 5.91 Å². The number of halogens is 1. The largest absolute Gasteiger partial charge is 0.372 e. The normalized spacial score (nSPS) is 25.2. The summed E-state index contributed by atoms with van der Waals surface area (Å²) in [6.45, 7) is 5.62. The summed E-state index contributed by atoms with van der Waals surface area (Å²) in [4.78, 5) is 35.8. The van der Waals surface area contributed by atoms with Crippen LogP contribution in [0.1, 0.15) is 37.7 Å². The molecule has 0 radical (unpaired) electrons. The predicted molar refractivity (Wildman–Crippen MR) is 131 cm³/mol. The third-order valence-corrected chi connectivity index (χ3v) is 7.55. The van der Waals surface area contributed by atoms with Gasteiger partial charge < -0.3 is 19.4 Å². The number of H-pyrrole nitrogens is 1. The van der Waals surface area contributed by atoms with Crippen LogP contribution in [0.25, 0.3) is 0 Å². The molecule has 34 heavy (non-hydrogen) atoms. The first kappa shape index (κ1) is 23.1. The molecule has 5 rings (SSSR count). The monoisotopic (exact) mass is 486 g/mol. The average molecular weight is 487 g/mol. The quantitative estimate of drug-likeness (QED) is 0.693. The van der Waals surface area contributed by atoms with Crippen LogP contribution < -0.4 is 15.4 Å². The lowest BCUT2D eigenvalue weighted by Crippen LogP contribution is -2.49. The van der Waals surface area contributed by atoms with Crippen LogP contribution in [0.5, 0.6) is 0 Å². The SMILES string of the molecule is Cc1c(N2CCC[C@H]2[C@@H]2CC[C@H](CC(=O)N3CCN(c4ccc(Cl)cn4)CC3)O2)cn[nH]c1=O. The van der Waals surface area contributed by atoms with E-state index in [2.05, 4.69) is 25.0 Å². The molecule has 3 atom stereocenters. The Bertz CT molecular complexity index is 1070. The number of hydrogen-bond donors (Lipinski definition) is 1. The topological polar surface area (TPSA) is 94.7 Å². The number of pyridine rings is 1. The Balaban J connectivity index is 1.14. The number of amides is 1. The van der Waals surface area contributed by atoms with Crippen molar-refractivity contribution in [3.8, 4) is 0 Å². The highest BCUT2D eigenvalue weighted by atomic mass is 35.5. The number of piperazine rings is 1. The summed E-state index contributed by atoms with van der Waals surface area (Å²) in [6.07, 6.45) is 7.76. The van der Waals surface area contributed by atoms with Crippen LogP contribution >= 0.6 is 11.6 Å². The van der Waals surface area contributed by atoms with E-state index in [1.165, 1.54) is 0 Å². The number of aromatic nitrogens is 3. The van der Waals surface area contributed by atoms with E-state index in [0.717, 1.165) is 56.8 Å². The fourth-order valence-electron chi connectivity index (χ4n) is 5.45. The third-order valence-electron chi connectivity index (χ3n) is 7.33. The van der Waals surface area contributed by atoms with Gasteiger partial charge in [0.15, 0.2) is 0 Å². The second-order valence-corrected chi connectivity index (χ2v) is 9.83. The predicted octanol–water partition coefficient (Wildman–Crippen LogP) is 2.38. The Labute approximate surface area is 204 Å². The van der Waals surface area contributed by atoms with Crippen LogP contribution in [-0.4, -0.2) is 77.0 Å². The summed E-state index contributed by atoms with van der Waals surface area (Å²) in [7, 11) is 0. The van der Waals surface area contributed by atoms with E-state index in [1.54, 1.807) is 12.4 Å². The molecule has 182 valence electrons. The van der Waals surface area contributed by atoms with Crippen molar-refractivity contribution in [3.05, 3.63) is 45.5 Å². The fraction of sp³-hybridized carbons (Fsp3) is 0.583. The number of carbonyl (C=O) groups excluding carboxylic acids is 1. The highest BCUT2D eigenvalue weighted by Crippen LogP contribution is 2.35. The van der Waals surface area contributed by atoms with E-state index in [4.69, 9.17) is 16.3 Å². The Morgan fingerprint density at radius 3 is 2.74 bits per heavy atom. The summed E-state index contributed by atoms with van der Waals surface area (Å²) in [6, 6.07) is 3.98. The number of nitrogens with one attached hydrogen (secondary N) is 1. The fourth-order valence-corrected chi connectivity index (χ4v) is 5.56. The van der Waals surface area contributed by atoms with Crippen LogP contribution in [0.3, 0.4) is 0 Å². The van der Waals surface area contributed by atoms with Crippen molar-refractivity contribution < 1.29 is 9.53 Å². The van der Waals surface area contributed by atoms with Crippen LogP contribution in [0, 0.1) is 6.92 Å². The molecule has 10 heteroatoms. The lowest BCUT2D eigenvalue weighted by atomic mass is 10.0. The maximum atomic E-state index is 13.0. The molecule has 3 aliphatic rings. The molecule has 0 bridgehead atoms. The summed E-state index contributed by atoms with van der Waals surface area (Å²) in [5.41, 5.74) is 1.44. The number of nitrogens with zero attached hydrogens (tertiary/aromatic N) is 5. The molecule has 0 spiro atoms. The van der Waals surface area contributed by atoms with Crippen LogP contribution in [0.4, 0.5) is 11.5 Å². The van der Waals surface area contributed by atoms with Gasteiger partial charge in [-0.2, -0.15) is 5.10 Å². The molecular weight excluding hydrogens is 456 g/mol. The standard InChI is InChI=1S/C24H31ClN6O3/c1-16-20(15-27-28-24(16)33)31-8-2-3-19(31)21-6-5-18(34-21)13-23(32)30-11-9-29(10-12-30)22-7-4-17(25)14-26-22/h4,7,14-15,18-19,21H,2-3,5-6,8-13H2,1H3,(H,28,33)/t18-,19+,21+/m1/s1. The van der Waals surface area contributed by atoms with Gasteiger partial charge in [0.1, 0.15) is 5.82 Å². The molecule has 3 aliphatic heterocycles. The molecule has 3 fully saturated rings. The zero-order valence-corrected chi connectivity index (χ0v) is 20.2. The highest BCUT2D eigenvalue weighted by Gasteiger charge is 2.39. The van der Waals surface area contributed by atoms with Gasteiger partial charge in [-0.1, -0.05) is 11.6 Å². The van der Waals surface area contributed by atoms with E-state index in [1.807, 2.05) is 24.0 Å². The molecule has 0 saturated carbocycles. The van der Waals surface area contributed by atoms with Gasteiger partial charge in [-0.15, -0.1) is 0 Å². The van der Waals surface area contributed by atoms with Crippen molar-refractivity contribution in [3.63, 3.8) is 0 Å². The van der Waals surface area contributed by atoms with Crippen molar-refractivity contribution >= 4 is 29.0 Å². The van der Waals surface area contributed by atoms with Crippen molar-refractivity contribution in [1.82, 2.24) is 20.1 Å². The van der Waals surface area contributed by atoms with Gasteiger partial charge in [-0.25, -0.2) is 10.1 Å². The molecule has 3 saturated heterocycles. The minimum absolute atomic E-state index is 0.0469. The van der Waals surface area contributed by atoms with E-state index in [0.29, 0.717) is 30.1 Å². The van der Waals surface area contributed by atoms with Gasteiger partial charge in [-0.3, -0.25) is 9.59 Å². The Morgan fingerprint density at radius 2 is 1.97 bits per heavy atom. The van der Waals surface area contributed by atoms with Gasteiger partial charge in [0.25, 0.3) is 5.56 Å². The van der Waals surface area contributed by atoms with Crippen molar-refractivity contribution in [2.45, 2.75) is 57.3 Å². The molecule has 1 amide bonds. The van der Waals surface area contributed by atoms with E-state index >= 15 is 0 Å². The number of ether oxygens (including phenoxy) is 1. The summed E-state index contributed by atoms with van der Waals surface area (Å²) >= 11 is 5.94. The van der Waals surface area contributed by atoms with Crippen LogP contribution in [0.2, 0.25) is 5.02 Å². The molecule has 1 N–H and O–H groups in total. The van der Waals surface area contributed by atoms with E-state index < -0.39 is 0 Å². The summed E-state index contributed by atoms with van der Waals surface area (Å²) in [5, 5.41) is 7.13. The molecule has 2 aromatic heterocycles.